The van der Waals surface area contributed by atoms with Crippen LogP contribution in [-0.4, -0.2) is 69.3 Å². The monoisotopic (exact) mass is 648 g/mol. The van der Waals surface area contributed by atoms with E-state index in [1.807, 2.05) is 0 Å². The van der Waals surface area contributed by atoms with Gasteiger partial charge in [-0.25, -0.2) is 28.6 Å². The van der Waals surface area contributed by atoms with Crippen LogP contribution in [0.3, 0.4) is 0 Å². The van der Waals surface area contributed by atoms with Gasteiger partial charge in [0.05, 0.1) is 12.9 Å². The minimum atomic E-state index is -5.80. The number of nitrogen functional groups attached to an aromatic ring is 2. The van der Waals surface area contributed by atoms with Crippen molar-refractivity contribution in [3.05, 3.63) is 49.1 Å². The van der Waals surface area contributed by atoms with Crippen LogP contribution in [0.1, 0.15) is 6.23 Å². The van der Waals surface area contributed by atoms with Gasteiger partial charge in [0.2, 0.25) is 0 Å². The Labute approximate surface area is 235 Å². The SMILES string of the molecule is Nc1ccc2c(OP(=O)(O)OP(=O)(O)OP(=O)(O)OC[C@H]3O[C@@H](n4cnc5c(N)ncnc54)[C@H](O)[C@@H]3O)cccc2c1. The first-order valence-electron chi connectivity index (χ1n) is 11.6. The predicted octanol–water partition coefficient (Wildman–Crippen LogP) is 1.19. The van der Waals surface area contributed by atoms with Gasteiger partial charge in [0, 0.05) is 11.1 Å². The topological polar surface area (TPSA) is 294 Å². The van der Waals surface area contributed by atoms with Crippen LogP contribution in [0, 0.1) is 0 Å². The first kappa shape index (κ1) is 30.4. The fourth-order valence-electron chi connectivity index (χ4n) is 4.11. The molecule has 7 atom stereocenters. The van der Waals surface area contributed by atoms with Crippen molar-refractivity contribution in [2.24, 2.45) is 0 Å². The van der Waals surface area contributed by atoms with E-state index in [2.05, 4.69) is 28.1 Å². The normalized spacial score (nSPS) is 25.2. The van der Waals surface area contributed by atoms with Crippen LogP contribution in [0.15, 0.2) is 49.1 Å². The zero-order chi connectivity index (χ0) is 30.4. The molecule has 0 radical (unpaired) electrons. The van der Waals surface area contributed by atoms with Gasteiger partial charge in [-0.15, -0.1) is 0 Å². The summed E-state index contributed by atoms with van der Waals surface area (Å²) in [6, 6.07) is 8.81. The molecule has 0 spiro atoms. The maximum absolute atomic E-state index is 12.5. The number of fused-ring (bicyclic) bond motifs is 2. The summed E-state index contributed by atoms with van der Waals surface area (Å²) in [5.74, 6) is -0.192. The van der Waals surface area contributed by atoms with Crippen LogP contribution < -0.4 is 16.0 Å². The van der Waals surface area contributed by atoms with Crippen molar-refractivity contribution in [3.8, 4) is 5.75 Å². The van der Waals surface area contributed by atoms with Gasteiger partial charge in [0.15, 0.2) is 17.7 Å². The summed E-state index contributed by atoms with van der Waals surface area (Å²) in [7, 11) is -16.8. The van der Waals surface area contributed by atoms with Crippen LogP contribution in [0.25, 0.3) is 21.9 Å². The van der Waals surface area contributed by atoms with E-state index >= 15 is 0 Å². The number of nitrogens with zero attached hydrogens (tertiary/aromatic N) is 4. The molecule has 2 aromatic heterocycles. The standard InChI is InChI=1S/C20H23N6O13P3/c21-11-4-5-12-10(6-11)2-1-3-13(12)37-41(31,32)39-42(33,34)38-40(29,30)35-7-14-16(27)17(28)20(36-14)26-9-25-15-18(22)23-8-24-19(15)26/h1-6,8-9,14,16-17,20,27-28H,7,21H2,(H,29,30)(H,31,32)(H,33,34)(H2,22,23,24)/t14-,16-,17-,20-/m1/s1. The minimum absolute atomic E-state index is 0.0424. The molecule has 1 saturated heterocycles. The van der Waals surface area contributed by atoms with Gasteiger partial charge in [0.1, 0.15) is 35.9 Å². The Morgan fingerprint density at radius 2 is 1.67 bits per heavy atom. The maximum Gasteiger partial charge on any atom is 0.536 e. The lowest BCUT2D eigenvalue weighted by Gasteiger charge is -2.20. The van der Waals surface area contributed by atoms with Crippen LogP contribution >= 0.6 is 23.5 Å². The Kier molecular flexibility index (Phi) is 8.15. The summed E-state index contributed by atoms with van der Waals surface area (Å²) in [5, 5.41) is 21.7. The van der Waals surface area contributed by atoms with Gasteiger partial charge in [-0.05, 0) is 29.7 Å². The summed E-state index contributed by atoms with van der Waals surface area (Å²) < 4.78 is 61.7. The number of rotatable bonds is 10. The number of hydrogen-bond donors (Lipinski definition) is 7. The second-order valence-electron chi connectivity index (χ2n) is 8.82. The second-order valence-corrected chi connectivity index (χ2v) is 13.4. The number of hydrogen-bond acceptors (Lipinski definition) is 15. The molecule has 1 aliphatic heterocycles. The summed E-state index contributed by atoms with van der Waals surface area (Å²) >= 11 is 0. The molecule has 0 bridgehead atoms. The highest BCUT2D eigenvalue weighted by molar-refractivity contribution is 7.67. The highest BCUT2D eigenvalue weighted by Crippen LogP contribution is 2.67. The Balaban J connectivity index is 1.22. The zero-order valence-corrected chi connectivity index (χ0v) is 23.6. The average molecular weight is 648 g/mol. The fraction of sp³-hybridized carbons (Fsp3) is 0.250. The summed E-state index contributed by atoms with van der Waals surface area (Å²) in [6.45, 7) is -0.960. The molecule has 0 saturated carbocycles. The van der Waals surface area contributed by atoms with Crippen molar-refractivity contribution in [1.29, 1.82) is 0 Å². The van der Waals surface area contributed by atoms with Crippen LogP contribution in [0.5, 0.6) is 5.75 Å². The molecule has 2 aromatic carbocycles. The number of ether oxygens (including phenoxy) is 1. The summed E-state index contributed by atoms with van der Waals surface area (Å²) in [5.41, 5.74) is 12.2. The predicted molar refractivity (Wildman–Crippen MR) is 142 cm³/mol. The average Bonchev–Trinajstić information content (AvgIpc) is 3.43. The van der Waals surface area contributed by atoms with E-state index in [1.54, 1.807) is 12.1 Å². The van der Waals surface area contributed by atoms with E-state index in [-0.39, 0.29) is 22.7 Å². The lowest BCUT2D eigenvalue weighted by molar-refractivity contribution is -0.0503. The third kappa shape index (κ3) is 6.48. The van der Waals surface area contributed by atoms with Gasteiger partial charge in [-0.2, -0.15) is 8.62 Å². The molecule has 9 N–H and O–H groups in total. The third-order valence-corrected chi connectivity index (χ3v) is 10.1. The lowest BCUT2D eigenvalue weighted by Crippen LogP contribution is -2.33. The first-order chi connectivity index (χ1) is 19.6. The molecule has 226 valence electrons. The third-order valence-electron chi connectivity index (χ3n) is 5.89. The number of imidazole rings is 1. The molecule has 3 heterocycles. The van der Waals surface area contributed by atoms with Crippen molar-refractivity contribution in [1.82, 2.24) is 19.5 Å². The highest BCUT2D eigenvalue weighted by atomic mass is 31.3. The molecule has 19 nitrogen and oxygen atoms in total. The van der Waals surface area contributed by atoms with Gasteiger partial charge >= 0.3 is 23.5 Å². The van der Waals surface area contributed by atoms with Crippen LogP contribution in [0.4, 0.5) is 11.5 Å². The first-order valence-corrected chi connectivity index (χ1v) is 16.1. The van der Waals surface area contributed by atoms with Crippen LogP contribution in [-0.2, 0) is 31.6 Å². The van der Waals surface area contributed by atoms with E-state index in [0.29, 0.717) is 16.5 Å². The number of benzene rings is 2. The molecule has 5 rings (SSSR count). The molecule has 42 heavy (non-hydrogen) atoms. The smallest absolute Gasteiger partial charge is 0.403 e. The van der Waals surface area contributed by atoms with Crippen LogP contribution in [0.2, 0.25) is 0 Å². The summed E-state index contributed by atoms with van der Waals surface area (Å²) in [6.07, 6.45) is -3.73. The van der Waals surface area contributed by atoms with E-state index in [0.717, 1.165) is 6.33 Å². The second kappa shape index (κ2) is 11.2. The molecular weight excluding hydrogens is 625 g/mol. The van der Waals surface area contributed by atoms with Gasteiger partial charge in [-0.3, -0.25) is 14.0 Å². The largest absolute Gasteiger partial charge is 0.536 e. The number of aliphatic hydroxyl groups excluding tert-OH is 2. The fourth-order valence-corrected chi connectivity index (χ4v) is 7.65. The highest BCUT2D eigenvalue weighted by Gasteiger charge is 2.47. The van der Waals surface area contributed by atoms with E-state index in [1.165, 1.54) is 35.2 Å². The number of nitrogens with two attached hydrogens (primary N) is 2. The van der Waals surface area contributed by atoms with Gasteiger partial charge in [-0.1, -0.05) is 12.1 Å². The van der Waals surface area contributed by atoms with E-state index in [4.69, 9.17) is 20.7 Å². The van der Waals surface area contributed by atoms with E-state index < -0.39 is 54.6 Å². The van der Waals surface area contributed by atoms with Gasteiger partial charge < -0.3 is 40.7 Å². The molecular formula is C20H23N6O13P3. The number of aromatic nitrogens is 4. The Hall–Kier alpha value is -3.02. The quantitative estimate of drug-likeness (QED) is 0.0938. The molecule has 1 fully saturated rings. The number of phosphoric ester groups is 2. The molecule has 0 amide bonds. The lowest BCUT2D eigenvalue weighted by atomic mass is 10.1. The van der Waals surface area contributed by atoms with Crippen molar-refractivity contribution in [2.75, 3.05) is 18.1 Å². The van der Waals surface area contributed by atoms with E-state index in [9.17, 15) is 38.6 Å². The Morgan fingerprint density at radius 1 is 0.929 bits per heavy atom. The number of aliphatic hydroxyl groups is 2. The number of anilines is 2. The Morgan fingerprint density at radius 3 is 2.43 bits per heavy atom. The zero-order valence-electron chi connectivity index (χ0n) is 20.9. The minimum Gasteiger partial charge on any atom is -0.403 e. The van der Waals surface area contributed by atoms with Crippen molar-refractivity contribution >= 4 is 56.9 Å². The van der Waals surface area contributed by atoms with Crippen molar-refractivity contribution in [2.45, 2.75) is 24.5 Å². The van der Waals surface area contributed by atoms with Crippen molar-refractivity contribution < 1.29 is 61.0 Å². The number of phosphoric acid groups is 3. The summed E-state index contributed by atoms with van der Waals surface area (Å²) in [4.78, 5) is 41.7. The maximum atomic E-state index is 12.5. The molecule has 1 aliphatic rings. The molecule has 22 heteroatoms. The molecule has 0 aliphatic carbocycles. The Bertz CT molecular complexity index is 1790. The van der Waals surface area contributed by atoms with Crippen molar-refractivity contribution in [3.63, 3.8) is 0 Å². The van der Waals surface area contributed by atoms with Gasteiger partial charge in [0.25, 0.3) is 0 Å². The molecule has 3 unspecified atom stereocenters. The molecule has 4 aromatic rings.